The number of imidazole rings is 1. The van der Waals surface area contributed by atoms with Gasteiger partial charge >= 0.3 is 144 Å². The van der Waals surface area contributed by atoms with Crippen LogP contribution in [0.5, 0.6) is 0 Å². The second kappa shape index (κ2) is 19.1. The van der Waals surface area contributed by atoms with E-state index in [1.165, 1.54) is 71.3 Å². The van der Waals surface area contributed by atoms with E-state index in [1.54, 1.807) is 9.96 Å². The van der Waals surface area contributed by atoms with E-state index in [4.69, 9.17) is 19.4 Å². The summed E-state index contributed by atoms with van der Waals surface area (Å²) in [6.07, 6.45) is 10.5. The summed E-state index contributed by atoms with van der Waals surface area (Å²) in [5, 5.41) is 7.03. The van der Waals surface area contributed by atoms with Crippen LogP contribution >= 0.6 is 0 Å². The van der Waals surface area contributed by atoms with Gasteiger partial charge in [0.1, 0.15) is 0 Å². The zero-order chi connectivity index (χ0) is 44.8. The average Bonchev–Trinajstić information content (AvgIpc) is 3.89. The van der Waals surface area contributed by atoms with Crippen molar-refractivity contribution in [1.82, 2.24) is 19.5 Å². The van der Waals surface area contributed by atoms with Crippen LogP contribution in [0, 0.1) is 18.1 Å². The Balaban J connectivity index is 0.000000194. The van der Waals surface area contributed by atoms with Crippen LogP contribution in [0.4, 0.5) is 0 Å². The number of aromatic nitrogens is 4. The Morgan fingerprint density at radius 2 is 1.38 bits per heavy atom. The Hall–Kier alpha value is -5.40. The molecule has 4 heterocycles. The summed E-state index contributed by atoms with van der Waals surface area (Å²) in [5.74, 6) is 9.80. The van der Waals surface area contributed by atoms with Crippen molar-refractivity contribution in [1.29, 1.82) is 0 Å². The van der Waals surface area contributed by atoms with Gasteiger partial charge in [-0.05, 0) is 57.8 Å². The molecule has 1 saturated carbocycles. The molecule has 0 aliphatic heterocycles. The summed E-state index contributed by atoms with van der Waals surface area (Å²) >= 11 is -1.89. The zero-order valence-corrected chi connectivity index (χ0v) is 43.7. The van der Waals surface area contributed by atoms with E-state index in [0.717, 1.165) is 61.6 Å². The fraction of sp³-hybridized carbons (Fsp3) is 0.271. The van der Waals surface area contributed by atoms with E-state index in [2.05, 4.69) is 177 Å². The van der Waals surface area contributed by atoms with Crippen molar-refractivity contribution >= 4 is 72.3 Å². The van der Waals surface area contributed by atoms with Crippen LogP contribution in [-0.4, -0.2) is 32.8 Å². The molecule has 0 atom stereocenters. The van der Waals surface area contributed by atoms with Gasteiger partial charge in [-0.1, -0.05) is 93.7 Å². The molecule has 11 rings (SSSR count). The Morgan fingerprint density at radius 1 is 0.682 bits per heavy atom. The van der Waals surface area contributed by atoms with Gasteiger partial charge in [-0.2, -0.15) is 0 Å². The summed E-state index contributed by atoms with van der Waals surface area (Å²) in [6, 6.07) is 51.7. The quantitative estimate of drug-likeness (QED) is 0.0864. The second-order valence-corrected chi connectivity index (χ2v) is 30.3. The molecule has 6 aromatic carbocycles. The second-order valence-electron chi connectivity index (χ2n) is 19.7. The molecule has 1 fully saturated rings. The van der Waals surface area contributed by atoms with Gasteiger partial charge in [0, 0.05) is 36.6 Å². The van der Waals surface area contributed by atoms with Crippen LogP contribution in [-0.2, 0) is 26.5 Å². The van der Waals surface area contributed by atoms with Gasteiger partial charge in [0.05, 0.1) is 28.1 Å². The zero-order valence-electron chi connectivity index (χ0n) is 39.2. The van der Waals surface area contributed by atoms with Gasteiger partial charge in [0.15, 0.2) is 0 Å². The summed E-state index contributed by atoms with van der Waals surface area (Å²) < 4.78 is 10.1. The maximum absolute atomic E-state index is 6.19. The summed E-state index contributed by atoms with van der Waals surface area (Å²) in [6.45, 7) is 8.87. The van der Waals surface area contributed by atoms with Crippen molar-refractivity contribution < 1.29 is 24.5 Å². The Morgan fingerprint density at radius 3 is 2.09 bits per heavy atom. The Bertz CT molecular complexity index is 3340. The molecule has 335 valence electrons. The molecule has 1 aliphatic carbocycles. The predicted molar refractivity (Wildman–Crippen MR) is 275 cm³/mol. The first-order chi connectivity index (χ1) is 31.5. The number of benzene rings is 6. The minimum absolute atomic E-state index is 0. The molecule has 1 radical (unpaired) electrons. The summed E-state index contributed by atoms with van der Waals surface area (Å²) in [7, 11) is 0. The monoisotopic (exact) mass is 1110 g/mol. The van der Waals surface area contributed by atoms with Crippen molar-refractivity contribution in [3.05, 3.63) is 163 Å². The maximum atomic E-state index is 6.19. The number of nitrogens with zero attached hydrogens (tertiary/aromatic N) is 4. The van der Waals surface area contributed by atoms with Crippen molar-refractivity contribution in [2.45, 2.75) is 95.3 Å². The number of pyridine rings is 2. The molecule has 0 saturated heterocycles. The number of rotatable bonds is 8. The van der Waals surface area contributed by atoms with E-state index < -0.39 is 13.3 Å². The summed E-state index contributed by atoms with van der Waals surface area (Å²) in [5.41, 5.74) is 11.7. The molecule has 7 heteroatoms. The average molecular weight is 1100 g/mol. The molecule has 1 aliphatic rings. The largest absolute Gasteiger partial charge is 0 e. The van der Waals surface area contributed by atoms with Crippen molar-refractivity contribution in [2.75, 3.05) is 0 Å². The van der Waals surface area contributed by atoms with Crippen molar-refractivity contribution in [3.63, 3.8) is 0 Å². The van der Waals surface area contributed by atoms with Crippen LogP contribution in [0.1, 0.15) is 88.5 Å². The van der Waals surface area contributed by atoms with Gasteiger partial charge in [0.2, 0.25) is 5.71 Å². The van der Waals surface area contributed by atoms with Crippen molar-refractivity contribution in [3.8, 4) is 28.3 Å². The molecular formula is C59H58GeIrN4O-2. The van der Waals surface area contributed by atoms with Gasteiger partial charge in [0.25, 0.3) is 0 Å². The van der Waals surface area contributed by atoms with Crippen LogP contribution < -0.4 is 4.40 Å². The normalized spacial score (nSPS) is 13.5. The van der Waals surface area contributed by atoms with E-state index in [9.17, 15) is 0 Å². The molecule has 0 bridgehead atoms. The third kappa shape index (κ3) is 8.81. The van der Waals surface area contributed by atoms with E-state index >= 15 is 0 Å². The fourth-order valence-corrected chi connectivity index (χ4v) is 13.6. The Kier molecular flexibility index (Phi) is 13.2. The topological polar surface area (TPSA) is 56.7 Å². The first kappa shape index (κ1) is 45.7. The van der Waals surface area contributed by atoms with Gasteiger partial charge < -0.3 is 8.98 Å². The van der Waals surface area contributed by atoms with Crippen LogP contribution in [0.3, 0.4) is 0 Å². The predicted octanol–water partition coefficient (Wildman–Crippen LogP) is 15.6. The maximum Gasteiger partial charge on any atom is 0 e. The van der Waals surface area contributed by atoms with Gasteiger partial charge in [-0.25, -0.2) is 4.98 Å². The number of furan rings is 1. The molecule has 0 spiro atoms. The SMILES string of the molecule is CC(C)c1ccc2c(n1)oc1c[c-]c(-c3nc4ccccc4n3-c3c(C(C)C)c4ccccc4c4ccccc34)cc12.[CH3][Ge]([CH3])([CH3])[c]1cnc(-c2[c-]cccc2)cc1CC1CCCCC1.[Ir]. The van der Waals surface area contributed by atoms with Crippen LogP contribution in [0.2, 0.25) is 17.3 Å². The number of hydrogen-bond donors (Lipinski definition) is 0. The Labute approximate surface area is 405 Å². The number of hydrogen-bond acceptors (Lipinski definition) is 4. The molecule has 0 N–H and O–H groups in total. The smallest absolute Gasteiger partial charge is 0 e. The molecule has 0 amide bonds. The van der Waals surface area contributed by atoms with Crippen LogP contribution in [0.15, 0.2) is 138 Å². The molecule has 10 aromatic rings. The standard InChI is InChI=1S/C38H30N3O.C21H28GeN.Ir/c1-22(2)31-19-18-29-30-21-24(17-20-34(30)42-38(29)40-31)37-39-32-15-9-10-16-33(32)41(37)36-28-14-8-6-12-26(28)25-11-5-7-13-27(25)35(36)23(3)4;1-22(2,3)20-16-23-21(18-12-8-5-9-13-18)15-19(20)14-17-10-6-4-7-11-17;/h5-16,18-23H,1-4H3;5,8-9,12,15-17H,4,6-7,10-11,14H2,1-3H3;/q2*-1;. The van der Waals surface area contributed by atoms with E-state index in [-0.39, 0.29) is 26.0 Å². The molecule has 5 nitrogen and oxygen atoms in total. The molecular weight excluding hydrogens is 1050 g/mol. The first-order valence-corrected chi connectivity index (χ1v) is 31.0. The third-order valence-electron chi connectivity index (χ3n) is 13.4. The number of para-hydroxylation sites is 2. The van der Waals surface area contributed by atoms with Crippen molar-refractivity contribution in [2.24, 2.45) is 5.92 Å². The molecule has 4 aromatic heterocycles. The minimum atomic E-state index is -1.89. The van der Waals surface area contributed by atoms with E-state index in [1.807, 2.05) is 18.2 Å². The molecule has 66 heavy (non-hydrogen) atoms. The van der Waals surface area contributed by atoms with E-state index in [0.29, 0.717) is 11.6 Å². The fourth-order valence-electron chi connectivity index (χ4n) is 10.2. The minimum Gasteiger partial charge on any atom is 0 e. The van der Waals surface area contributed by atoms with Gasteiger partial charge in [-0.15, -0.1) is 23.8 Å². The third-order valence-corrected chi connectivity index (χ3v) is 17.8. The van der Waals surface area contributed by atoms with Crippen LogP contribution in [0.25, 0.3) is 83.0 Å². The summed E-state index contributed by atoms with van der Waals surface area (Å²) in [4.78, 5) is 14.8. The number of fused-ring (bicyclic) bond motifs is 7. The van der Waals surface area contributed by atoms with Gasteiger partial charge in [-0.3, -0.25) is 4.98 Å². The molecule has 0 unspecified atom stereocenters. The first-order valence-electron chi connectivity index (χ1n) is 23.7.